The van der Waals surface area contributed by atoms with E-state index in [1.807, 2.05) is 37.3 Å². The summed E-state index contributed by atoms with van der Waals surface area (Å²) in [5.74, 6) is -0.471. The maximum Gasteiger partial charge on any atom is 0.433 e. The van der Waals surface area contributed by atoms with Gasteiger partial charge in [0, 0.05) is 30.8 Å². The van der Waals surface area contributed by atoms with Crippen LogP contribution in [0.3, 0.4) is 0 Å². The maximum atomic E-state index is 13.7. The lowest BCUT2D eigenvalue weighted by molar-refractivity contribution is -0.143. The molecule has 5 nitrogen and oxygen atoms in total. The third-order valence-electron chi connectivity index (χ3n) is 5.92. The fourth-order valence-corrected chi connectivity index (χ4v) is 4.40. The normalized spacial score (nSPS) is 18.4. The Morgan fingerprint density at radius 2 is 1.97 bits per heavy atom. The third kappa shape index (κ3) is 4.29. The van der Waals surface area contributed by atoms with Crippen LogP contribution in [0.15, 0.2) is 42.5 Å². The molecule has 164 valence electrons. The van der Waals surface area contributed by atoms with Crippen molar-refractivity contribution in [1.82, 2.24) is 19.5 Å². The van der Waals surface area contributed by atoms with Gasteiger partial charge in [0.1, 0.15) is 5.69 Å². The first-order valence-corrected chi connectivity index (χ1v) is 10.6. The summed E-state index contributed by atoms with van der Waals surface area (Å²) in [4.78, 5) is 19.5. The van der Waals surface area contributed by atoms with E-state index < -0.39 is 11.9 Å². The van der Waals surface area contributed by atoms with Gasteiger partial charge in [0.15, 0.2) is 5.65 Å². The Kier molecular flexibility index (Phi) is 5.73. The van der Waals surface area contributed by atoms with E-state index in [4.69, 9.17) is 0 Å². The van der Waals surface area contributed by atoms with Crippen molar-refractivity contribution in [3.05, 3.63) is 65.1 Å². The smallest absolute Gasteiger partial charge is 0.342 e. The number of hydrogen-bond acceptors (Lipinski definition) is 3. The van der Waals surface area contributed by atoms with Gasteiger partial charge in [-0.1, -0.05) is 37.3 Å². The molecule has 3 aromatic rings. The van der Waals surface area contributed by atoms with Crippen molar-refractivity contribution >= 4 is 11.6 Å². The second-order valence-electron chi connectivity index (χ2n) is 8.11. The number of rotatable bonds is 4. The van der Waals surface area contributed by atoms with Crippen LogP contribution in [0, 0.1) is 6.92 Å². The average Bonchev–Trinajstić information content (AvgIpc) is 3.13. The van der Waals surface area contributed by atoms with Gasteiger partial charge < -0.3 is 4.90 Å². The van der Waals surface area contributed by atoms with Crippen LogP contribution in [-0.4, -0.2) is 38.5 Å². The van der Waals surface area contributed by atoms with E-state index in [-0.39, 0.29) is 23.4 Å². The third-order valence-corrected chi connectivity index (χ3v) is 5.92. The van der Waals surface area contributed by atoms with Crippen molar-refractivity contribution in [2.24, 2.45) is 0 Å². The first-order chi connectivity index (χ1) is 14.8. The summed E-state index contributed by atoms with van der Waals surface area (Å²) in [6, 6.07) is 12.3. The molecule has 1 fully saturated rings. The van der Waals surface area contributed by atoms with Crippen molar-refractivity contribution < 1.29 is 18.0 Å². The average molecular weight is 430 g/mol. The predicted octanol–water partition coefficient (Wildman–Crippen LogP) is 4.96. The van der Waals surface area contributed by atoms with Gasteiger partial charge in [-0.2, -0.15) is 18.3 Å². The van der Waals surface area contributed by atoms with Gasteiger partial charge in [-0.25, -0.2) is 9.50 Å². The Labute approximate surface area is 178 Å². The number of benzene rings is 1. The van der Waals surface area contributed by atoms with E-state index in [0.29, 0.717) is 37.3 Å². The van der Waals surface area contributed by atoms with Crippen LogP contribution in [0.4, 0.5) is 13.2 Å². The number of halogens is 3. The van der Waals surface area contributed by atoms with Crippen LogP contribution in [0.25, 0.3) is 5.65 Å². The Hall–Kier alpha value is -2.90. The fourth-order valence-electron chi connectivity index (χ4n) is 4.40. The minimum Gasteiger partial charge on any atom is -0.342 e. The van der Waals surface area contributed by atoms with Crippen LogP contribution in [-0.2, 0) is 11.0 Å². The van der Waals surface area contributed by atoms with Crippen LogP contribution in [0.1, 0.15) is 60.7 Å². The monoisotopic (exact) mass is 430 g/mol. The van der Waals surface area contributed by atoms with Crippen LogP contribution in [0.2, 0.25) is 0 Å². The first kappa shape index (κ1) is 21.3. The molecule has 0 radical (unpaired) electrons. The van der Waals surface area contributed by atoms with E-state index in [2.05, 4.69) is 10.1 Å². The zero-order chi connectivity index (χ0) is 22.2. The lowest BCUT2D eigenvalue weighted by Gasteiger charge is -2.35. The summed E-state index contributed by atoms with van der Waals surface area (Å²) >= 11 is 0. The van der Waals surface area contributed by atoms with Crippen molar-refractivity contribution in [2.75, 3.05) is 13.1 Å². The Balaban J connectivity index is 1.63. The first-order valence-electron chi connectivity index (χ1n) is 10.6. The number of carbonyl (C=O) groups excluding carboxylic acids is 1. The van der Waals surface area contributed by atoms with Gasteiger partial charge in [-0.05, 0) is 37.8 Å². The lowest BCUT2D eigenvalue weighted by Crippen LogP contribution is -2.41. The lowest BCUT2D eigenvalue weighted by atomic mass is 9.90. The summed E-state index contributed by atoms with van der Waals surface area (Å²) in [6.45, 7) is 4.60. The van der Waals surface area contributed by atoms with E-state index in [0.717, 1.165) is 22.6 Å². The largest absolute Gasteiger partial charge is 0.433 e. The Bertz CT molecular complexity index is 1080. The quantitative estimate of drug-likeness (QED) is 0.588. The molecule has 2 aromatic heterocycles. The van der Waals surface area contributed by atoms with Gasteiger partial charge in [0.2, 0.25) is 5.91 Å². The predicted molar refractivity (Wildman–Crippen MR) is 111 cm³/mol. The highest BCUT2D eigenvalue weighted by atomic mass is 19.4. The molecule has 1 aliphatic heterocycles. The highest BCUT2D eigenvalue weighted by molar-refractivity contribution is 5.83. The molecule has 3 heterocycles. The van der Waals surface area contributed by atoms with Crippen molar-refractivity contribution in [3.8, 4) is 0 Å². The van der Waals surface area contributed by atoms with Gasteiger partial charge >= 0.3 is 6.18 Å². The van der Waals surface area contributed by atoms with E-state index in [1.165, 1.54) is 0 Å². The van der Waals surface area contributed by atoms with Crippen LogP contribution < -0.4 is 0 Å². The number of aromatic nitrogens is 3. The number of piperidine rings is 1. The number of alkyl halides is 3. The molecule has 0 bridgehead atoms. The van der Waals surface area contributed by atoms with Crippen molar-refractivity contribution in [1.29, 1.82) is 0 Å². The Morgan fingerprint density at radius 1 is 1.23 bits per heavy atom. The molecule has 1 saturated heterocycles. The van der Waals surface area contributed by atoms with E-state index >= 15 is 0 Å². The fraction of sp³-hybridized carbons (Fsp3) is 0.435. The topological polar surface area (TPSA) is 50.5 Å². The zero-order valence-corrected chi connectivity index (χ0v) is 17.6. The molecule has 4 rings (SSSR count). The second kappa shape index (κ2) is 8.32. The number of nitrogens with zero attached hydrogens (tertiary/aromatic N) is 4. The summed E-state index contributed by atoms with van der Waals surface area (Å²) in [7, 11) is 0. The number of likely N-dealkylation sites (tertiary alicyclic amines) is 1. The molecule has 2 atom stereocenters. The number of aryl methyl sites for hydroxylation is 1. The van der Waals surface area contributed by atoms with Gasteiger partial charge in [0.05, 0.1) is 11.6 Å². The van der Waals surface area contributed by atoms with E-state index in [9.17, 15) is 18.0 Å². The number of fused-ring (bicyclic) bond motifs is 1. The molecule has 0 saturated carbocycles. The summed E-state index contributed by atoms with van der Waals surface area (Å²) in [6.07, 6.45) is -2.45. The minimum atomic E-state index is -4.54. The summed E-state index contributed by atoms with van der Waals surface area (Å²) < 4.78 is 41.9. The second-order valence-corrected chi connectivity index (χ2v) is 8.11. The molecule has 0 aliphatic carbocycles. The molecule has 0 unspecified atom stereocenters. The Morgan fingerprint density at radius 3 is 2.65 bits per heavy atom. The molecule has 1 aromatic carbocycles. The maximum absolute atomic E-state index is 13.7. The molecule has 0 spiro atoms. The molecule has 8 heteroatoms. The zero-order valence-electron chi connectivity index (χ0n) is 17.6. The molecule has 0 N–H and O–H groups in total. The number of hydrogen-bond donors (Lipinski definition) is 0. The SMILES string of the molecule is CC[C@H](C(=O)N1CCC[C@H](c2cc(C(F)(F)F)n3nc(C)cc3n2)C1)c1ccccc1. The van der Waals surface area contributed by atoms with Gasteiger partial charge in [0.25, 0.3) is 0 Å². The van der Waals surface area contributed by atoms with E-state index in [1.54, 1.807) is 17.9 Å². The minimum absolute atomic E-state index is 0.0238. The highest BCUT2D eigenvalue weighted by Gasteiger charge is 2.37. The van der Waals surface area contributed by atoms with Crippen molar-refractivity contribution in [2.45, 2.75) is 51.1 Å². The van der Waals surface area contributed by atoms with Gasteiger partial charge in [-0.15, -0.1) is 0 Å². The number of amides is 1. The van der Waals surface area contributed by atoms with Crippen LogP contribution in [0.5, 0.6) is 0 Å². The number of carbonyl (C=O) groups is 1. The molecule has 1 aliphatic rings. The summed E-state index contributed by atoms with van der Waals surface area (Å²) in [5, 5.41) is 3.95. The van der Waals surface area contributed by atoms with Crippen molar-refractivity contribution in [3.63, 3.8) is 0 Å². The standard InChI is InChI=1S/C23H25F3N4O/c1-3-18(16-8-5-4-6-9-16)22(31)29-11-7-10-17(14-29)19-13-20(23(24,25)26)30-21(27-19)12-15(2)28-30/h4-6,8-9,12-13,17-18H,3,7,10-11,14H2,1-2H3/t17-,18-/m0/s1. The highest BCUT2D eigenvalue weighted by Crippen LogP contribution is 2.34. The molecule has 31 heavy (non-hydrogen) atoms. The van der Waals surface area contributed by atoms with Gasteiger partial charge in [-0.3, -0.25) is 4.79 Å². The van der Waals surface area contributed by atoms with Crippen LogP contribution >= 0.6 is 0 Å². The summed E-state index contributed by atoms with van der Waals surface area (Å²) in [5.41, 5.74) is 1.15. The molecular weight excluding hydrogens is 405 g/mol. The molecule has 1 amide bonds. The molecular formula is C23H25F3N4O.